The van der Waals surface area contributed by atoms with Crippen LogP contribution < -0.4 is 4.90 Å². The van der Waals surface area contributed by atoms with Crippen molar-refractivity contribution in [2.45, 2.75) is 0 Å². The fraction of sp³-hybridized carbons (Fsp3) is 0.154. The van der Waals surface area contributed by atoms with Gasteiger partial charge in [0.05, 0.1) is 10.0 Å². The Balaban J connectivity index is 2.27. The van der Waals surface area contributed by atoms with Gasteiger partial charge in [0.15, 0.2) is 5.82 Å². The van der Waals surface area contributed by atoms with Crippen molar-refractivity contribution in [3.63, 3.8) is 0 Å². The molecule has 5 nitrogen and oxygen atoms in total. The van der Waals surface area contributed by atoms with Gasteiger partial charge in [-0.3, -0.25) is 0 Å². The summed E-state index contributed by atoms with van der Waals surface area (Å²) in [7, 11) is 3.76. The monoisotopic (exact) mass is 310 g/mol. The van der Waals surface area contributed by atoms with Crippen LogP contribution in [0, 0.1) is 0 Å². The van der Waals surface area contributed by atoms with Crippen molar-refractivity contribution in [1.29, 1.82) is 0 Å². The van der Waals surface area contributed by atoms with Gasteiger partial charge in [-0.25, -0.2) is 4.98 Å². The van der Waals surface area contributed by atoms with E-state index in [4.69, 9.17) is 23.2 Å². The van der Waals surface area contributed by atoms with Gasteiger partial charge in [-0.1, -0.05) is 23.2 Å². The van der Waals surface area contributed by atoms with E-state index >= 15 is 0 Å². The molecule has 0 fully saturated rings. The normalized spacial score (nSPS) is 11.0. The molecule has 0 saturated carbocycles. The molecule has 7 heteroatoms. The highest BCUT2D eigenvalue weighted by molar-refractivity contribution is 6.35. The first-order chi connectivity index (χ1) is 9.47. The molecule has 0 unspecified atom stereocenters. The van der Waals surface area contributed by atoms with Crippen molar-refractivity contribution < 1.29 is 5.11 Å². The molecule has 0 radical (unpaired) electrons. The minimum atomic E-state index is 0.0324. The number of hydrogen-bond donors (Lipinski definition) is 1. The zero-order valence-corrected chi connectivity index (χ0v) is 12.4. The molecule has 1 aromatic carbocycles. The van der Waals surface area contributed by atoms with Gasteiger partial charge in [0.1, 0.15) is 11.4 Å². The van der Waals surface area contributed by atoms with Gasteiger partial charge < -0.3 is 10.0 Å². The first-order valence-electron chi connectivity index (χ1n) is 5.70. The first-order valence-corrected chi connectivity index (χ1v) is 6.46. The second kappa shape index (κ2) is 6.07. The number of pyridine rings is 1. The molecule has 0 aliphatic heterocycles. The molecular formula is C13H12Cl2N4O. The first kappa shape index (κ1) is 14.6. The van der Waals surface area contributed by atoms with Crippen LogP contribution in [0.2, 0.25) is 10.0 Å². The van der Waals surface area contributed by atoms with Crippen LogP contribution in [0.1, 0.15) is 0 Å². The Kier molecular flexibility index (Phi) is 4.42. The average molecular weight is 311 g/mol. The van der Waals surface area contributed by atoms with Crippen LogP contribution in [-0.2, 0) is 0 Å². The third-order valence-corrected chi connectivity index (χ3v) is 3.00. The van der Waals surface area contributed by atoms with Crippen LogP contribution in [0.4, 0.5) is 17.2 Å². The van der Waals surface area contributed by atoms with Gasteiger partial charge in [-0.15, -0.1) is 10.2 Å². The summed E-state index contributed by atoms with van der Waals surface area (Å²) in [5.41, 5.74) is 1.20. The third-order valence-electron chi connectivity index (χ3n) is 2.52. The average Bonchev–Trinajstić information content (AvgIpc) is 2.38. The van der Waals surface area contributed by atoms with Gasteiger partial charge in [0, 0.05) is 32.0 Å². The van der Waals surface area contributed by atoms with Crippen LogP contribution in [0.25, 0.3) is 0 Å². The van der Waals surface area contributed by atoms with Crippen LogP contribution >= 0.6 is 23.2 Å². The van der Waals surface area contributed by atoms with E-state index in [9.17, 15) is 5.11 Å². The molecule has 0 aliphatic rings. The number of aromatic hydroxyl groups is 1. The Morgan fingerprint density at radius 3 is 2.50 bits per heavy atom. The summed E-state index contributed by atoms with van der Waals surface area (Å²) in [5, 5.41) is 18.4. The summed E-state index contributed by atoms with van der Waals surface area (Å²) >= 11 is 11.7. The summed E-state index contributed by atoms with van der Waals surface area (Å²) in [6.45, 7) is 0. The third kappa shape index (κ3) is 3.37. The van der Waals surface area contributed by atoms with E-state index in [1.807, 2.05) is 25.1 Å². The lowest BCUT2D eigenvalue weighted by atomic mass is 10.2. The zero-order chi connectivity index (χ0) is 14.7. The molecule has 104 valence electrons. The number of rotatable bonds is 3. The van der Waals surface area contributed by atoms with Crippen LogP contribution in [0.5, 0.6) is 5.75 Å². The second-order valence-electron chi connectivity index (χ2n) is 4.23. The van der Waals surface area contributed by atoms with E-state index in [0.29, 0.717) is 15.7 Å². The maximum absolute atomic E-state index is 9.88. The number of nitrogens with zero attached hydrogens (tertiary/aromatic N) is 4. The fourth-order valence-electron chi connectivity index (χ4n) is 1.46. The Hall–Kier alpha value is -1.85. The van der Waals surface area contributed by atoms with Crippen molar-refractivity contribution in [2.24, 2.45) is 10.2 Å². The van der Waals surface area contributed by atoms with E-state index in [1.54, 1.807) is 12.1 Å². The molecule has 0 spiro atoms. The Labute approximate surface area is 126 Å². The summed E-state index contributed by atoms with van der Waals surface area (Å²) in [6.07, 6.45) is 1.43. The van der Waals surface area contributed by atoms with Crippen LogP contribution in [0.15, 0.2) is 40.7 Å². The van der Waals surface area contributed by atoms with Crippen molar-refractivity contribution >= 4 is 40.4 Å². The van der Waals surface area contributed by atoms with Crippen LogP contribution in [-0.4, -0.2) is 24.2 Å². The molecule has 0 bridgehead atoms. The van der Waals surface area contributed by atoms with Crippen molar-refractivity contribution in [3.05, 3.63) is 40.5 Å². The minimum absolute atomic E-state index is 0.0324. The molecule has 1 aromatic heterocycles. The molecule has 0 aliphatic carbocycles. The number of phenols is 1. The van der Waals surface area contributed by atoms with E-state index in [2.05, 4.69) is 15.2 Å². The predicted octanol–water partition coefficient (Wildman–Crippen LogP) is 4.58. The van der Waals surface area contributed by atoms with Crippen molar-refractivity contribution in [1.82, 2.24) is 4.98 Å². The molecule has 0 atom stereocenters. The zero-order valence-electron chi connectivity index (χ0n) is 10.9. The Bertz CT molecular complexity index is 659. The predicted molar refractivity (Wildman–Crippen MR) is 80.9 cm³/mol. The lowest BCUT2D eigenvalue weighted by Crippen LogP contribution is -2.07. The quantitative estimate of drug-likeness (QED) is 0.844. The molecule has 2 rings (SSSR count). The van der Waals surface area contributed by atoms with Gasteiger partial charge >= 0.3 is 0 Å². The number of anilines is 1. The van der Waals surface area contributed by atoms with Gasteiger partial charge in [-0.2, -0.15) is 0 Å². The Morgan fingerprint density at radius 1 is 1.15 bits per heavy atom. The van der Waals surface area contributed by atoms with E-state index in [-0.39, 0.29) is 11.6 Å². The molecular weight excluding hydrogens is 299 g/mol. The fourth-order valence-corrected chi connectivity index (χ4v) is 1.87. The minimum Gasteiger partial charge on any atom is -0.506 e. The maximum Gasteiger partial charge on any atom is 0.193 e. The van der Waals surface area contributed by atoms with Gasteiger partial charge in [-0.05, 0) is 18.2 Å². The standard InChI is InChI=1S/C13H12Cl2N4O/c1-19(2)9-3-4-11(12(20)6-9)17-18-13-10(15)5-8(14)7-16-13/h3-7,20H,1-2H3. The molecule has 1 heterocycles. The number of hydrogen-bond acceptors (Lipinski definition) is 5. The maximum atomic E-state index is 9.88. The number of benzene rings is 1. The lowest BCUT2D eigenvalue weighted by molar-refractivity contribution is 0.476. The largest absolute Gasteiger partial charge is 0.506 e. The van der Waals surface area contributed by atoms with Gasteiger partial charge in [0.2, 0.25) is 0 Å². The molecule has 0 saturated heterocycles. The van der Waals surface area contributed by atoms with Crippen LogP contribution in [0.3, 0.4) is 0 Å². The van der Waals surface area contributed by atoms with Crippen molar-refractivity contribution in [2.75, 3.05) is 19.0 Å². The SMILES string of the molecule is CN(C)c1ccc(N=Nc2ncc(Cl)cc2Cl)c(O)c1. The number of phenolic OH excluding ortho intramolecular Hbond substituents is 1. The molecule has 2 aromatic rings. The van der Waals surface area contributed by atoms with Gasteiger partial charge in [0.25, 0.3) is 0 Å². The summed E-state index contributed by atoms with van der Waals surface area (Å²) < 4.78 is 0. The highest BCUT2D eigenvalue weighted by Gasteiger charge is 2.05. The smallest absolute Gasteiger partial charge is 0.193 e. The Morgan fingerprint density at radius 2 is 1.90 bits per heavy atom. The number of aromatic nitrogens is 1. The van der Waals surface area contributed by atoms with E-state index in [0.717, 1.165) is 5.69 Å². The summed E-state index contributed by atoms with van der Waals surface area (Å²) in [4.78, 5) is 5.83. The molecule has 0 amide bonds. The highest BCUT2D eigenvalue weighted by Crippen LogP contribution is 2.32. The molecule has 1 N–H and O–H groups in total. The van der Waals surface area contributed by atoms with E-state index in [1.165, 1.54) is 12.3 Å². The highest BCUT2D eigenvalue weighted by atomic mass is 35.5. The summed E-state index contributed by atoms with van der Waals surface area (Å²) in [6, 6.07) is 6.62. The summed E-state index contributed by atoms with van der Waals surface area (Å²) in [5.74, 6) is 0.275. The van der Waals surface area contributed by atoms with E-state index < -0.39 is 0 Å². The lowest BCUT2D eigenvalue weighted by Gasteiger charge is -2.12. The second-order valence-corrected chi connectivity index (χ2v) is 5.07. The number of halogens is 2. The topological polar surface area (TPSA) is 61.1 Å². The van der Waals surface area contributed by atoms with Crippen molar-refractivity contribution in [3.8, 4) is 5.75 Å². The number of azo groups is 1. The molecule has 20 heavy (non-hydrogen) atoms.